The van der Waals surface area contributed by atoms with Gasteiger partial charge in [0.05, 0.1) is 24.5 Å². The molecule has 31 heavy (non-hydrogen) atoms. The van der Waals surface area contributed by atoms with E-state index in [4.69, 9.17) is 20.2 Å². The Morgan fingerprint density at radius 3 is 2.29 bits per heavy atom. The zero-order valence-electron chi connectivity index (χ0n) is 16.5. The summed E-state index contributed by atoms with van der Waals surface area (Å²) in [6, 6.07) is 2.83. The van der Waals surface area contributed by atoms with Crippen LogP contribution < -0.4 is 4.74 Å². The van der Waals surface area contributed by atoms with Crippen molar-refractivity contribution in [3.8, 4) is 18.1 Å². The number of fused-ring (bicyclic) bond motifs is 1. The van der Waals surface area contributed by atoms with Crippen molar-refractivity contribution < 1.29 is 40.3 Å². The summed E-state index contributed by atoms with van der Waals surface area (Å²) in [5.41, 5.74) is -3.71. The van der Waals surface area contributed by atoms with Gasteiger partial charge >= 0.3 is 19.4 Å². The number of benzene rings is 1. The Balaban J connectivity index is 2.52. The van der Waals surface area contributed by atoms with Crippen LogP contribution in [0.15, 0.2) is 16.6 Å². The van der Waals surface area contributed by atoms with Gasteiger partial charge in [0.25, 0.3) is 0 Å². The fraction of sp³-hybridized carbons (Fsp3) is 0.474. The van der Waals surface area contributed by atoms with Crippen LogP contribution in [0.5, 0.6) is 5.75 Å². The number of terminal acetylenes is 1. The standard InChI is InChI=1S/C19H19BrF5O4PS/c1-4-12-10-13-15(20)17(19(24,25)30(26,28-5-2)29-6-3)31-16(13)14(11-12)27-9-7-8-18(21,22)23/h1,10-11H,5-9H2,2-3H3. The minimum absolute atomic E-state index is 0.0584. The minimum Gasteiger partial charge on any atom is -0.492 e. The highest BCUT2D eigenvalue weighted by molar-refractivity contribution is 9.10. The van der Waals surface area contributed by atoms with Crippen molar-refractivity contribution in [1.29, 1.82) is 0 Å². The number of hydrogen-bond donors (Lipinski definition) is 0. The zero-order valence-corrected chi connectivity index (χ0v) is 19.8. The SMILES string of the molecule is C#Cc1cc(OCCCC(F)(F)F)c2sc(C(F)(F)P(=O)(OCC)OCC)c(Br)c2c1. The number of ether oxygens (including phenoxy) is 1. The molecule has 1 aromatic carbocycles. The lowest BCUT2D eigenvalue weighted by Gasteiger charge is -2.25. The second-order valence-corrected chi connectivity index (χ2v) is 10.1. The predicted octanol–water partition coefficient (Wildman–Crippen LogP) is 7.68. The first-order valence-corrected chi connectivity index (χ1v) is 12.2. The number of halogens is 6. The molecule has 0 bridgehead atoms. The molecule has 0 aliphatic rings. The van der Waals surface area contributed by atoms with Crippen LogP contribution in [-0.4, -0.2) is 26.0 Å². The summed E-state index contributed by atoms with van der Waals surface area (Å²) >= 11 is 3.69. The first-order chi connectivity index (χ1) is 14.4. The molecule has 1 aromatic heterocycles. The van der Waals surface area contributed by atoms with Gasteiger partial charge in [0.2, 0.25) is 0 Å². The highest BCUT2D eigenvalue weighted by Crippen LogP contribution is 2.69. The molecule has 0 saturated heterocycles. The second kappa shape index (κ2) is 10.2. The molecule has 0 N–H and O–H groups in total. The Morgan fingerprint density at radius 2 is 1.77 bits per heavy atom. The molecule has 172 valence electrons. The smallest absolute Gasteiger partial charge is 0.405 e. The van der Waals surface area contributed by atoms with Gasteiger partial charge in [-0.25, -0.2) is 0 Å². The Bertz CT molecular complexity index is 1010. The highest BCUT2D eigenvalue weighted by atomic mass is 79.9. The lowest BCUT2D eigenvalue weighted by molar-refractivity contribution is -0.136. The van der Waals surface area contributed by atoms with E-state index in [9.17, 15) is 17.7 Å². The quantitative estimate of drug-likeness (QED) is 0.132. The lowest BCUT2D eigenvalue weighted by atomic mass is 10.1. The first kappa shape index (κ1) is 26.1. The summed E-state index contributed by atoms with van der Waals surface area (Å²) < 4.78 is 95.7. The molecule has 12 heteroatoms. The van der Waals surface area contributed by atoms with Gasteiger partial charge in [-0.2, -0.15) is 22.0 Å². The summed E-state index contributed by atoms with van der Waals surface area (Å²) in [6.07, 6.45) is -0.281. The van der Waals surface area contributed by atoms with E-state index in [2.05, 4.69) is 21.9 Å². The molecule has 0 aliphatic carbocycles. The summed E-state index contributed by atoms with van der Waals surface area (Å²) in [7, 11) is -4.86. The summed E-state index contributed by atoms with van der Waals surface area (Å²) in [4.78, 5) is -0.623. The lowest BCUT2D eigenvalue weighted by Crippen LogP contribution is -2.17. The van der Waals surface area contributed by atoms with E-state index in [1.807, 2.05) is 0 Å². The van der Waals surface area contributed by atoms with Crippen LogP contribution in [0.2, 0.25) is 0 Å². The van der Waals surface area contributed by atoms with E-state index in [1.165, 1.54) is 26.0 Å². The molecule has 1 heterocycles. The number of hydrogen-bond acceptors (Lipinski definition) is 5. The van der Waals surface area contributed by atoms with Crippen molar-refractivity contribution in [2.45, 2.75) is 38.5 Å². The monoisotopic (exact) mass is 548 g/mol. The molecule has 0 fully saturated rings. The fourth-order valence-electron chi connectivity index (χ4n) is 2.64. The van der Waals surface area contributed by atoms with Gasteiger partial charge in [-0.15, -0.1) is 17.8 Å². The molecule has 2 aromatic rings. The highest BCUT2D eigenvalue weighted by Gasteiger charge is 2.57. The third kappa shape index (κ3) is 5.79. The molecule has 0 unspecified atom stereocenters. The van der Waals surface area contributed by atoms with Crippen LogP contribution in [0.4, 0.5) is 22.0 Å². The third-order valence-corrected chi connectivity index (χ3v) is 8.57. The maximum Gasteiger partial charge on any atom is 0.405 e. The number of alkyl halides is 5. The molecular formula is C19H19BrF5O4PS. The molecular weight excluding hydrogens is 530 g/mol. The molecule has 0 atom stereocenters. The zero-order chi connectivity index (χ0) is 23.4. The van der Waals surface area contributed by atoms with Crippen molar-refractivity contribution >= 4 is 44.9 Å². The maximum absolute atomic E-state index is 15.3. The first-order valence-electron chi connectivity index (χ1n) is 9.09. The third-order valence-electron chi connectivity index (χ3n) is 3.94. The summed E-state index contributed by atoms with van der Waals surface area (Å²) in [5, 5.41) is 0.250. The minimum atomic E-state index is -4.86. The largest absolute Gasteiger partial charge is 0.492 e. The average molecular weight is 549 g/mol. The van der Waals surface area contributed by atoms with Crippen molar-refractivity contribution in [1.82, 2.24) is 0 Å². The van der Waals surface area contributed by atoms with Crippen LogP contribution in [-0.2, 0) is 19.3 Å². The van der Waals surface area contributed by atoms with Gasteiger partial charge in [-0.3, -0.25) is 4.57 Å². The summed E-state index contributed by atoms with van der Waals surface area (Å²) in [6.45, 7) is 2.01. The van der Waals surface area contributed by atoms with Gasteiger partial charge in [0.1, 0.15) is 10.6 Å². The van der Waals surface area contributed by atoms with E-state index in [0.717, 1.165) is 0 Å². The molecule has 2 rings (SSSR count). The van der Waals surface area contributed by atoms with E-state index in [1.54, 1.807) is 0 Å². The van der Waals surface area contributed by atoms with E-state index >= 15 is 8.78 Å². The Kier molecular flexibility index (Phi) is 8.56. The Morgan fingerprint density at radius 1 is 1.16 bits per heavy atom. The molecule has 0 amide bonds. The molecule has 0 spiro atoms. The predicted molar refractivity (Wildman–Crippen MR) is 113 cm³/mol. The Hall–Kier alpha value is -1.18. The average Bonchev–Trinajstić information content (AvgIpc) is 3.02. The molecule has 0 radical (unpaired) electrons. The Labute approximate surface area is 188 Å². The van der Waals surface area contributed by atoms with E-state index in [0.29, 0.717) is 11.3 Å². The van der Waals surface area contributed by atoms with Crippen molar-refractivity contribution in [3.05, 3.63) is 27.0 Å². The van der Waals surface area contributed by atoms with Crippen LogP contribution in [0.25, 0.3) is 10.1 Å². The van der Waals surface area contributed by atoms with Crippen LogP contribution in [0, 0.1) is 12.3 Å². The van der Waals surface area contributed by atoms with Crippen molar-refractivity contribution in [2.75, 3.05) is 19.8 Å². The summed E-state index contributed by atoms with van der Waals surface area (Å²) in [5.74, 6) is 2.41. The van der Waals surface area contributed by atoms with Crippen molar-refractivity contribution in [3.63, 3.8) is 0 Å². The van der Waals surface area contributed by atoms with Crippen LogP contribution in [0.3, 0.4) is 0 Å². The van der Waals surface area contributed by atoms with Gasteiger partial charge in [-0.1, -0.05) is 5.92 Å². The van der Waals surface area contributed by atoms with Crippen LogP contribution >= 0.6 is 34.9 Å². The topological polar surface area (TPSA) is 44.8 Å². The normalized spacial score (nSPS) is 12.9. The second-order valence-electron chi connectivity index (χ2n) is 6.18. The van der Waals surface area contributed by atoms with Gasteiger partial charge < -0.3 is 13.8 Å². The molecule has 0 aliphatic heterocycles. The van der Waals surface area contributed by atoms with Crippen molar-refractivity contribution in [2.24, 2.45) is 0 Å². The molecule has 0 saturated carbocycles. The van der Waals surface area contributed by atoms with Gasteiger partial charge in [-0.05, 0) is 48.3 Å². The van der Waals surface area contributed by atoms with E-state index < -0.39 is 30.7 Å². The van der Waals surface area contributed by atoms with E-state index in [-0.39, 0.29) is 52.1 Å². The number of thiophene rings is 1. The number of rotatable bonds is 10. The molecule has 4 nitrogen and oxygen atoms in total. The van der Waals surface area contributed by atoms with Crippen LogP contribution in [0.1, 0.15) is 37.1 Å². The maximum atomic E-state index is 15.3. The van der Waals surface area contributed by atoms with Gasteiger partial charge in [0, 0.05) is 21.8 Å². The fourth-order valence-corrected chi connectivity index (χ4v) is 6.66. The van der Waals surface area contributed by atoms with Gasteiger partial charge in [0.15, 0.2) is 0 Å².